The van der Waals surface area contributed by atoms with Gasteiger partial charge in [-0.05, 0) is 50.2 Å². The molecule has 3 aromatic heterocycles. The second-order valence-electron chi connectivity index (χ2n) is 6.97. The Morgan fingerprint density at radius 1 is 0.969 bits per heavy atom. The van der Waals surface area contributed by atoms with Gasteiger partial charge in [-0.1, -0.05) is 29.5 Å². The van der Waals surface area contributed by atoms with Gasteiger partial charge in [-0.25, -0.2) is 5.43 Å². The Hall–Kier alpha value is -3.85. The van der Waals surface area contributed by atoms with Gasteiger partial charge >= 0.3 is 0 Å². The molecule has 9 heteroatoms. The summed E-state index contributed by atoms with van der Waals surface area (Å²) in [7, 11) is 0. The molecule has 1 aromatic carbocycles. The lowest BCUT2D eigenvalue weighted by atomic mass is 10.2. The topological polar surface area (TPSA) is 98.0 Å². The largest absolute Gasteiger partial charge is 0.272 e. The number of hydrogen-bond donors (Lipinski definition) is 1. The standard InChI is InChI=1S/C23H21N7OS/c1-16-3-5-20(6-4-16)30-22(19-9-13-25-14-10-19)28-29-23(30)32-15-21(31)27-26-17(2)18-7-11-24-12-8-18/h3-14H,15H2,1-2H3,(H,27,31)/b26-17+. The van der Waals surface area contributed by atoms with Gasteiger partial charge in [0, 0.05) is 41.6 Å². The molecule has 0 fully saturated rings. The molecule has 160 valence electrons. The lowest BCUT2D eigenvalue weighted by Gasteiger charge is -2.10. The lowest BCUT2D eigenvalue weighted by Crippen LogP contribution is -2.21. The van der Waals surface area contributed by atoms with Gasteiger partial charge in [-0.15, -0.1) is 10.2 Å². The van der Waals surface area contributed by atoms with Crippen LogP contribution in [0.5, 0.6) is 0 Å². The summed E-state index contributed by atoms with van der Waals surface area (Å²) in [5.74, 6) is 0.603. The first-order valence-corrected chi connectivity index (χ1v) is 10.9. The molecule has 0 radical (unpaired) electrons. The maximum absolute atomic E-state index is 12.4. The molecule has 0 aliphatic heterocycles. The zero-order valence-electron chi connectivity index (χ0n) is 17.6. The van der Waals surface area contributed by atoms with Crippen molar-refractivity contribution in [1.29, 1.82) is 0 Å². The Kier molecular flexibility index (Phi) is 6.66. The predicted molar refractivity (Wildman–Crippen MR) is 125 cm³/mol. The fraction of sp³-hybridized carbons (Fsp3) is 0.130. The number of nitrogens with one attached hydrogen (secondary N) is 1. The maximum Gasteiger partial charge on any atom is 0.250 e. The van der Waals surface area contributed by atoms with Crippen LogP contribution in [0.25, 0.3) is 17.1 Å². The van der Waals surface area contributed by atoms with Crippen molar-refractivity contribution in [1.82, 2.24) is 30.2 Å². The fourth-order valence-electron chi connectivity index (χ4n) is 2.94. The summed E-state index contributed by atoms with van der Waals surface area (Å²) in [6, 6.07) is 15.5. The Labute approximate surface area is 189 Å². The van der Waals surface area contributed by atoms with Crippen LogP contribution in [0.4, 0.5) is 0 Å². The summed E-state index contributed by atoms with van der Waals surface area (Å²) >= 11 is 1.30. The highest BCUT2D eigenvalue weighted by atomic mass is 32.2. The molecule has 0 spiro atoms. The number of amides is 1. The highest BCUT2D eigenvalue weighted by molar-refractivity contribution is 7.99. The first-order valence-electron chi connectivity index (χ1n) is 9.91. The van der Waals surface area contributed by atoms with Crippen LogP contribution in [0.3, 0.4) is 0 Å². The van der Waals surface area contributed by atoms with Crippen LogP contribution in [0, 0.1) is 6.92 Å². The Balaban J connectivity index is 1.53. The van der Waals surface area contributed by atoms with Gasteiger partial charge in [-0.2, -0.15) is 5.10 Å². The van der Waals surface area contributed by atoms with Gasteiger partial charge < -0.3 is 0 Å². The monoisotopic (exact) mass is 443 g/mol. The molecule has 0 aliphatic carbocycles. The lowest BCUT2D eigenvalue weighted by molar-refractivity contribution is -0.118. The maximum atomic E-state index is 12.4. The van der Waals surface area contributed by atoms with Crippen LogP contribution in [0.1, 0.15) is 18.1 Å². The third kappa shape index (κ3) is 5.06. The van der Waals surface area contributed by atoms with Crippen LogP contribution in [0.2, 0.25) is 0 Å². The third-order valence-corrected chi connectivity index (χ3v) is 5.57. The molecular formula is C23H21N7OS. The molecular weight excluding hydrogens is 422 g/mol. The number of benzene rings is 1. The Bertz CT molecular complexity index is 1220. The third-order valence-electron chi connectivity index (χ3n) is 4.64. The molecule has 0 saturated heterocycles. The summed E-state index contributed by atoms with van der Waals surface area (Å²) in [6.45, 7) is 3.87. The molecule has 1 amide bonds. The van der Waals surface area contributed by atoms with Crippen molar-refractivity contribution in [3.05, 3.63) is 84.4 Å². The highest BCUT2D eigenvalue weighted by Crippen LogP contribution is 2.27. The number of thioether (sulfide) groups is 1. The SMILES string of the molecule is C/C(=N\NC(=O)CSc1nnc(-c2ccncc2)n1-c1ccc(C)cc1)c1ccncc1. The van der Waals surface area contributed by atoms with E-state index in [-0.39, 0.29) is 11.7 Å². The molecule has 3 heterocycles. The smallest absolute Gasteiger partial charge is 0.250 e. The van der Waals surface area contributed by atoms with Gasteiger partial charge in [0.1, 0.15) is 0 Å². The second-order valence-corrected chi connectivity index (χ2v) is 7.91. The van der Waals surface area contributed by atoms with E-state index in [0.717, 1.165) is 22.4 Å². The van der Waals surface area contributed by atoms with E-state index >= 15 is 0 Å². The summed E-state index contributed by atoms with van der Waals surface area (Å²) in [5, 5.41) is 13.5. The number of carbonyl (C=O) groups is 1. The minimum Gasteiger partial charge on any atom is -0.272 e. The molecule has 0 atom stereocenters. The molecule has 4 aromatic rings. The van der Waals surface area contributed by atoms with Crippen LogP contribution in [0.15, 0.2) is 83.6 Å². The zero-order chi connectivity index (χ0) is 22.3. The van der Waals surface area contributed by atoms with E-state index in [9.17, 15) is 4.79 Å². The van der Waals surface area contributed by atoms with Gasteiger partial charge in [0.15, 0.2) is 11.0 Å². The van der Waals surface area contributed by atoms with E-state index in [1.807, 2.05) is 66.9 Å². The van der Waals surface area contributed by atoms with E-state index in [4.69, 9.17) is 0 Å². The molecule has 0 bridgehead atoms. The first-order chi connectivity index (χ1) is 15.6. The number of aryl methyl sites for hydroxylation is 1. The van der Waals surface area contributed by atoms with Crippen molar-refractivity contribution in [3.8, 4) is 17.1 Å². The minimum absolute atomic E-state index is 0.146. The van der Waals surface area contributed by atoms with Crippen molar-refractivity contribution in [2.45, 2.75) is 19.0 Å². The van der Waals surface area contributed by atoms with Gasteiger partial charge in [0.05, 0.1) is 11.5 Å². The Morgan fingerprint density at radius 2 is 1.62 bits per heavy atom. The normalized spacial score (nSPS) is 11.4. The zero-order valence-corrected chi connectivity index (χ0v) is 18.5. The molecule has 4 rings (SSSR count). The van der Waals surface area contributed by atoms with E-state index in [1.165, 1.54) is 11.8 Å². The average molecular weight is 444 g/mol. The van der Waals surface area contributed by atoms with E-state index < -0.39 is 0 Å². The molecule has 32 heavy (non-hydrogen) atoms. The van der Waals surface area contributed by atoms with E-state index in [0.29, 0.717) is 16.7 Å². The van der Waals surface area contributed by atoms with Crippen molar-refractivity contribution in [3.63, 3.8) is 0 Å². The first kappa shape index (κ1) is 21.4. The number of hydrazone groups is 1. The summed E-state index contributed by atoms with van der Waals surface area (Å²) in [5.41, 5.74) is 7.16. The summed E-state index contributed by atoms with van der Waals surface area (Å²) < 4.78 is 1.94. The number of nitrogens with zero attached hydrogens (tertiary/aromatic N) is 6. The van der Waals surface area contributed by atoms with E-state index in [1.54, 1.807) is 24.8 Å². The van der Waals surface area contributed by atoms with Crippen LogP contribution < -0.4 is 5.43 Å². The molecule has 8 nitrogen and oxygen atoms in total. The van der Waals surface area contributed by atoms with Crippen LogP contribution >= 0.6 is 11.8 Å². The summed E-state index contributed by atoms with van der Waals surface area (Å²) in [6.07, 6.45) is 6.80. The number of aromatic nitrogens is 5. The molecule has 0 aliphatic rings. The van der Waals surface area contributed by atoms with Gasteiger partial charge in [-0.3, -0.25) is 19.3 Å². The van der Waals surface area contributed by atoms with Crippen molar-refractivity contribution >= 4 is 23.4 Å². The molecule has 0 saturated carbocycles. The molecule has 1 N–H and O–H groups in total. The van der Waals surface area contributed by atoms with Gasteiger partial charge in [0.25, 0.3) is 5.91 Å². The quantitative estimate of drug-likeness (QED) is 0.266. The van der Waals surface area contributed by atoms with Gasteiger partial charge in [0.2, 0.25) is 0 Å². The van der Waals surface area contributed by atoms with Crippen molar-refractivity contribution in [2.75, 3.05) is 5.75 Å². The summed E-state index contributed by atoms with van der Waals surface area (Å²) in [4.78, 5) is 20.5. The van der Waals surface area contributed by atoms with Crippen molar-refractivity contribution < 1.29 is 4.79 Å². The average Bonchev–Trinajstić information content (AvgIpc) is 3.27. The number of hydrogen-bond acceptors (Lipinski definition) is 7. The highest BCUT2D eigenvalue weighted by Gasteiger charge is 2.17. The predicted octanol–water partition coefficient (Wildman–Crippen LogP) is 3.67. The van der Waals surface area contributed by atoms with Crippen molar-refractivity contribution in [2.24, 2.45) is 5.10 Å². The number of carbonyl (C=O) groups excluding carboxylic acids is 1. The Morgan fingerprint density at radius 3 is 2.31 bits per heavy atom. The second kappa shape index (κ2) is 9.97. The number of pyridine rings is 2. The number of rotatable bonds is 7. The minimum atomic E-state index is -0.229. The van der Waals surface area contributed by atoms with Crippen LogP contribution in [-0.4, -0.2) is 42.1 Å². The van der Waals surface area contributed by atoms with E-state index in [2.05, 4.69) is 30.7 Å². The molecule has 0 unspecified atom stereocenters. The fourth-order valence-corrected chi connectivity index (χ4v) is 3.69. The van der Waals surface area contributed by atoms with Crippen LogP contribution in [-0.2, 0) is 4.79 Å².